The van der Waals surface area contributed by atoms with Gasteiger partial charge in [-0.15, -0.1) is 10.2 Å². The Balaban J connectivity index is 2.18. The lowest BCUT2D eigenvalue weighted by atomic mass is 10.1. The number of thioether (sulfide) groups is 1. The monoisotopic (exact) mass is 268 g/mol. The Kier molecular flexibility index (Phi) is 3.61. The van der Waals surface area contributed by atoms with E-state index in [0.717, 1.165) is 11.8 Å². The summed E-state index contributed by atoms with van der Waals surface area (Å²) in [5.74, 6) is -1.32. The van der Waals surface area contributed by atoms with Crippen molar-refractivity contribution in [1.82, 2.24) is 10.2 Å². The van der Waals surface area contributed by atoms with Gasteiger partial charge < -0.3 is 9.52 Å². The third kappa shape index (κ3) is 2.86. The molecule has 2 aromatic rings. The van der Waals surface area contributed by atoms with Crippen LogP contribution in [0.25, 0.3) is 11.5 Å². The number of hydrogen-bond donors (Lipinski definition) is 1. The average Bonchev–Trinajstić information content (AvgIpc) is 2.79. The summed E-state index contributed by atoms with van der Waals surface area (Å²) in [6, 6.07) is 4.57. The molecule has 0 saturated heterocycles. The number of aliphatic carboxylic acids is 1. The minimum Gasteiger partial charge on any atom is -0.481 e. The molecule has 1 aromatic carbocycles. The minimum atomic E-state index is -0.971. The van der Waals surface area contributed by atoms with Crippen LogP contribution in [0.2, 0.25) is 0 Å². The van der Waals surface area contributed by atoms with E-state index in [0.29, 0.717) is 11.1 Å². The molecule has 1 N–H and O–H groups in total. The Hall–Kier alpha value is -1.89. The number of aryl methyl sites for hydroxylation is 1. The van der Waals surface area contributed by atoms with E-state index < -0.39 is 5.97 Å². The lowest BCUT2D eigenvalue weighted by molar-refractivity contribution is -0.133. The maximum Gasteiger partial charge on any atom is 0.314 e. The lowest BCUT2D eigenvalue weighted by Crippen LogP contribution is -1.97. The molecule has 0 saturated carbocycles. The molecule has 1 heterocycles. The second-order valence-electron chi connectivity index (χ2n) is 3.52. The topological polar surface area (TPSA) is 76.2 Å². The van der Waals surface area contributed by atoms with Gasteiger partial charge in [-0.05, 0) is 24.6 Å². The van der Waals surface area contributed by atoms with Crippen molar-refractivity contribution in [2.24, 2.45) is 0 Å². The fourth-order valence-electron chi connectivity index (χ4n) is 1.23. The number of carboxylic acids is 1. The van der Waals surface area contributed by atoms with Gasteiger partial charge in [0.25, 0.3) is 5.22 Å². The van der Waals surface area contributed by atoms with Crippen LogP contribution in [0.5, 0.6) is 0 Å². The second-order valence-corrected chi connectivity index (χ2v) is 4.45. The third-order valence-electron chi connectivity index (χ3n) is 2.14. The van der Waals surface area contributed by atoms with Crippen molar-refractivity contribution in [1.29, 1.82) is 0 Å². The van der Waals surface area contributed by atoms with Crippen molar-refractivity contribution in [2.45, 2.75) is 12.1 Å². The zero-order valence-corrected chi connectivity index (χ0v) is 10.2. The van der Waals surface area contributed by atoms with Gasteiger partial charge in [-0.1, -0.05) is 17.8 Å². The van der Waals surface area contributed by atoms with E-state index >= 15 is 0 Å². The van der Waals surface area contributed by atoms with Gasteiger partial charge in [0.1, 0.15) is 11.6 Å². The van der Waals surface area contributed by atoms with Crippen LogP contribution in [0.4, 0.5) is 4.39 Å². The Bertz CT molecular complexity index is 585. The molecule has 0 fully saturated rings. The van der Waals surface area contributed by atoms with Gasteiger partial charge in [0.15, 0.2) is 0 Å². The summed E-state index contributed by atoms with van der Waals surface area (Å²) < 4.78 is 18.6. The molecule has 0 unspecified atom stereocenters. The van der Waals surface area contributed by atoms with Crippen LogP contribution in [0.15, 0.2) is 27.8 Å². The normalized spacial score (nSPS) is 10.6. The molecule has 5 nitrogen and oxygen atoms in total. The molecule has 2 rings (SSSR count). The summed E-state index contributed by atoms with van der Waals surface area (Å²) in [5.41, 5.74) is 0.992. The van der Waals surface area contributed by atoms with Crippen molar-refractivity contribution in [3.8, 4) is 11.5 Å². The number of benzene rings is 1. The Labute approximate surface area is 106 Å². The Morgan fingerprint density at radius 3 is 2.94 bits per heavy atom. The van der Waals surface area contributed by atoms with Gasteiger partial charge in [0.2, 0.25) is 5.89 Å². The summed E-state index contributed by atoms with van der Waals surface area (Å²) >= 11 is 0.918. The highest BCUT2D eigenvalue weighted by Crippen LogP contribution is 2.24. The van der Waals surface area contributed by atoms with E-state index in [2.05, 4.69) is 10.2 Å². The number of rotatable bonds is 4. The molecule has 7 heteroatoms. The third-order valence-corrected chi connectivity index (χ3v) is 2.95. The molecule has 0 radical (unpaired) electrons. The molecule has 0 bridgehead atoms. The SMILES string of the molecule is Cc1ccc(-c2nnc(SCC(=O)O)o2)cc1F. The maximum atomic E-state index is 13.4. The number of nitrogens with zero attached hydrogens (tertiary/aromatic N) is 2. The summed E-state index contributed by atoms with van der Waals surface area (Å²) in [6.07, 6.45) is 0. The Morgan fingerprint density at radius 1 is 1.50 bits per heavy atom. The molecule has 1 aromatic heterocycles. The van der Waals surface area contributed by atoms with E-state index in [1.807, 2.05) is 0 Å². The van der Waals surface area contributed by atoms with Crippen LogP contribution < -0.4 is 0 Å². The first kappa shape index (κ1) is 12.6. The number of carboxylic acid groups (broad SMARTS) is 1. The first-order valence-electron chi connectivity index (χ1n) is 5.01. The molecule has 18 heavy (non-hydrogen) atoms. The first-order valence-corrected chi connectivity index (χ1v) is 5.99. The molecule has 0 aliphatic rings. The largest absolute Gasteiger partial charge is 0.481 e. The molecule has 0 aliphatic carbocycles. The van der Waals surface area contributed by atoms with E-state index in [4.69, 9.17) is 9.52 Å². The van der Waals surface area contributed by atoms with Crippen LogP contribution >= 0.6 is 11.8 Å². The fraction of sp³-hybridized carbons (Fsp3) is 0.182. The molecule has 94 valence electrons. The van der Waals surface area contributed by atoms with E-state index in [1.54, 1.807) is 19.1 Å². The van der Waals surface area contributed by atoms with Gasteiger partial charge >= 0.3 is 5.97 Å². The predicted molar refractivity (Wildman–Crippen MR) is 62.8 cm³/mol. The predicted octanol–water partition coefficient (Wildman–Crippen LogP) is 2.36. The second kappa shape index (κ2) is 5.18. The highest BCUT2D eigenvalue weighted by Gasteiger charge is 2.11. The van der Waals surface area contributed by atoms with Gasteiger partial charge in [0.05, 0.1) is 0 Å². The molecule has 0 aliphatic heterocycles. The van der Waals surface area contributed by atoms with Gasteiger partial charge in [-0.3, -0.25) is 4.79 Å². The zero-order valence-electron chi connectivity index (χ0n) is 9.38. The number of carbonyl (C=O) groups is 1. The first-order chi connectivity index (χ1) is 8.56. The fourth-order valence-corrected chi connectivity index (χ4v) is 1.72. The van der Waals surface area contributed by atoms with E-state index in [9.17, 15) is 9.18 Å². The maximum absolute atomic E-state index is 13.4. The van der Waals surface area contributed by atoms with Crippen LogP contribution in [0.1, 0.15) is 5.56 Å². The van der Waals surface area contributed by atoms with Gasteiger partial charge in [-0.25, -0.2) is 4.39 Å². The Morgan fingerprint density at radius 2 is 2.28 bits per heavy atom. The van der Waals surface area contributed by atoms with Gasteiger partial charge in [-0.2, -0.15) is 0 Å². The van der Waals surface area contributed by atoms with Crippen LogP contribution in [0.3, 0.4) is 0 Å². The van der Waals surface area contributed by atoms with Crippen LogP contribution in [-0.2, 0) is 4.79 Å². The van der Waals surface area contributed by atoms with Crippen LogP contribution in [0, 0.1) is 12.7 Å². The van der Waals surface area contributed by atoms with Crippen molar-refractivity contribution >= 4 is 17.7 Å². The number of halogens is 1. The highest BCUT2D eigenvalue weighted by molar-refractivity contribution is 7.99. The molecule has 0 atom stereocenters. The van der Waals surface area contributed by atoms with Crippen molar-refractivity contribution < 1.29 is 18.7 Å². The summed E-state index contributed by atoms with van der Waals surface area (Å²) in [4.78, 5) is 10.4. The molecule has 0 spiro atoms. The van der Waals surface area contributed by atoms with Crippen molar-refractivity contribution in [3.63, 3.8) is 0 Å². The minimum absolute atomic E-state index is 0.147. The van der Waals surface area contributed by atoms with Crippen LogP contribution in [-0.4, -0.2) is 27.0 Å². The molecule has 0 amide bonds. The van der Waals surface area contributed by atoms with Gasteiger partial charge in [0, 0.05) is 5.56 Å². The molecular formula is C11H9FN2O3S. The summed E-state index contributed by atoms with van der Waals surface area (Å²) in [7, 11) is 0. The number of aromatic nitrogens is 2. The average molecular weight is 268 g/mol. The van der Waals surface area contributed by atoms with Crippen molar-refractivity contribution in [2.75, 3.05) is 5.75 Å². The quantitative estimate of drug-likeness (QED) is 0.858. The smallest absolute Gasteiger partial charge is 0.314 e. The van der Waals surface area contributed by atoms with Crippen molar-refractivity contribution in [3.05, 3.63) is 29.6 Å². The lowest BCUT2D eigenvalue weighted by Gasteiger charge is -1.97. The highest BCUT2D eigenvalue weighted by atomic mass is 32.2. The summed E-state index contributed by atoms with van der Waals surface area (Å²) in [6.45, 7) is 1.65. The number of hydrogen-bond acceptors (Lipinski definition) is 5. The van der Waals surface area contributed by atoms with E-state index in [1.165, 1.54) is 6.07 Å². The summed E-state index contributed by atoms with van der Waals surface area (Å²) in [5, 5.41) is 16.1. The standard InChI is InChI=1S/C11H9FN2O3S/c1-6-2-3-7(4-8(6)12)10-13-14-11(17-10)18-5-9(15)16/h2-4H,5H2,1H3,(H,15,16). The molecular weight excluding hydrogens is 259 g/mol. The zero-order chi connectivity index (χ0) is 13.1. The van der Waals surface area contributed by atoms with E-state index in [-0.39, 0.29) is 22.7 Å².